The van der Waals surface area contributed by atoms with Crippen molar-refractivity contribution >= 4 is 99.5 Å². The Morgan fingerprint density at radius 2 is 0.741 bits per heavy atom. The number of para-hydroxylation sites is 4. The van der Waals surface area contributed by atoms with Crippen molar-refractivity contribution in [3.63, 3.8) is 0 Å². The van der Waals surface area contributed by atoms with Crippen molar-refractivity contribution in [3.8, 4) is 0 Å². The fourth-order valence-corrected chi connectivity index (χ4v) is 8.13. The number of hydrogen-bond donors (Lipinski definition) is 0. The van der Waals surface area contributed by atoms with Gasteiger partial charge in [-0.15, -0.1) is 0 Å². The van der Waals surface area contributed by atoms with Gasteiger partial charge < -0.3 is 18.6 Å². The number of rotatable bonds is 6. The summed E-state index contributed by atoms with van der Waals surface area (Å²) in [4.78, 5) is 4.70. The van der Waals surface area contributed by atoms with E-state index in [1.54, 1.807) is 0 Å². The Morgan fingerprint density at radius 3 is 1.37 bits per heavy atom. The minimum Gasteiger partial charge on any atom is -0.456 e. The third kappa shape index (κ3) is 4.85. The second-order valence-electron chi connectivity index (χ2n) is 13.7. The van der Waals surface area contributed by atoms with Crippen LogP contribution >= 0.6 is 0 Å². The lowest BCUT2D eigenvalue weighted by atomic mass is 9.98. The molecular weight excluding hydrogens is 661 g/mol. The molecule has 0 atom stereocenters. The summed E-state index contributed by atoms with van der Waals surface area (Å²) >= 11 is 0. The van der Waals surface area contributed by atoms with Crippen molar-refractivity contribution in [2.45, 2.75) is 0 Å². The van der Waals surface area contributed by atoms with Crippen LogP contribution < -0.4 is 9.80 Å². The fraction of sp³-hybridized carbons (Fsp3) is 0. The molecule has 0 aliphatic rings. The minimum atomic E-state index is 0.852. The zero-order valence-electron chi connectivity index (χ0n) is 29.2. The Balaban J connectivity index is 1.20. The molecule has 0 spiro atoms. The number of anilines is 6. The largest absolute Gasteiger partial charge is 0.456 e. The quantitative estimate of drug-likeness (QED) is 0.162. The molecule has 0 aliphatic heterocycles. The lowest BCUT2D eigenvalue weighted by molar-refractivity contribution is 0.668. The maximum absolute atomic E-state index is 6.45. The van der Waals surface area contributed by atoms with Crippen LogP contribution in [0.5, 0.6) is 0 Å². The highest BCUT2D eigenvalue weighted by Gasteiger charge is 2.23. The van der Waals surface area contributed by atoms with Crippen molar-refractivity contribution in [2.24, 2.45) is 0 Å². The van der Waals surface area contributed by atoms with Crippen LogP contribution in [0.15, 0.2) is 203 Å². The van der Waals surface area contributed by atoms with Gasteiger partial charge in [0.05, 0.1) is 5.69 Å². The summed E-state index contributed by atoms with van der Waals surface area (Å²) in [5.41, 5.74) is 9.68. The molecule has 4 heteroatoms. The number of hydrogen-bond acceptors (Lipinski definition) is 4. The molecule has 0 N–H and O–H groups in total. The van der Waals surface area contributed by atoms with Crippen LogP contribution in [-0.2, 0) is 0 Å². The maximum atomic E-state index is 6.45. The van der Waals surface area contributed by atoms with Gasteiger partial charge in [-0.05, 0) is 89.0 Å². The first-order valence-electron chi connectivity index (χ1n) is 18.3. The number of fused-ring (bicyclic) bond motifs is 9. The average Bonchev–Trinajstić information content (AvgIpc) is 3.79. The van der Waals surface area contributed by atoms with Crippen molar-refractivity contribution in [1.29, 1.82) is 0 Å². The van der Waals surface area contributed by atoms with E-state index in [1.807, 2.05) is 24.3 Å². The Labute approximate surface area is 311 Å². The van der Waals surface area contributed by atoms with Gasteiger partial charge in [-0.3, -0.25) is 0 Å². The Bertz CT molecular complexity index is 3180. The molecule has 254 valence electrons. The van der Waals surface area contributed by atoms with Gasteiger partial charge >= 0.3 is 0 Å². The van der Waals surface area contributed by atoms with Crippen LogP contribution in [0.3, 0.4) is 0 Å². The van der Waals surface area contributed by atoms with E-state index < -0.39 is 0 Å². The monoisotopic (exact) mass is 692 g/mol. The van der Waals surface area contributed by atoms with E-state index in [9.17, 15) is 0 Å². The summed E-state index contributed by atoms with van der Waals surface area (Å²) in [5, 5.41) is 9.13. The smallest absolute Gasteiger partial charge is 0.137 e. The minimum absolute atomic E-state index is 0.852. The molecule has 0 amide bonds. The van der Waals surface area contributed by atoms with E-state index in [0.717, 1.165) is 88.8 Å². The molecule has 0 aliphatic carbocycles. The molecule has 0 bridgehead atoms. The van der Waals surface area contributed by atoms with Gasteiger partial charge in [-0.1, -0.05) is 109 Å². The van der Waals surface area contributed by atoms with Gasteiger partial charge in [0.15, 0.2) is 0 Å². The van der Waals surface area contributed by atoms with Crippen LogP contribution in [-0.4, -0.2) is 0 Å². The van der Waals surface area contributed by atoms with Gasteiger partial charge in [-0.2, -0.15) is 0 Å². The number of nitrogens with zero attached hydrogens (tertiary/aromatic N) is 2. The number of furan rings is 2. The predicted molar refractivity (Wildman–Crippen MR) is 225 cm³/mol. The molecule has 0 saturated heterocycles. The summed E-state index contributed by atoms with van der Waals surface area (Å²) in [6.45, 7) is 0. The summed E-state index contributed by atoms with van der Waals surface area (Å²) in [6.07, 6.45) is 0. The van der Waals surface area contributed by atoms with Gasteiger partial charge in [0.2, 0.25) is 0 Å². The third-order valence-electron chi connectivity index (χ3n) is 10.6. The summed E-state index contributed by atoms with van der Waals surface area (Å²) in [5.74, 6) is 0. The van der Waals surface area contributed by atoms with Crippen LogP contribution in [0.2, 0.25) is 0 Å². The zero-order chi connectivity index (χ0) is 35.6. The highest BCUT2D eigenvalue weighted by atomic mass is 16.3. The second kappa shape index (κ2) is 12.1. The van der Waals surface area contributed by atoms with E-state index in [-0.39, 0.29) is 0 Å². The van der Waals surface area contributed by atoms with Crippen molar-refractivity contribution in [1.82, 2.24) is 0 Å². The van der Waals surface area contributed by atoms with Crippen LogP contribution in [0, 0.1) is 0 Å². The topological polar surface area (TPSA) is 32.8 Å². The molecule has 2 heterocycles. The van der Waals surface area contributed by atoms with Crippen molar-refractivity contribution in [3.05, 3.63) is 194 Å². The maximum Gasteiger partial charge on any atom is 0.137 e. The lowest BCUT2D eigenvalue weighted by Gasteiger charge is -2.31. The first kappa shape index (κ1) is 30.3. The Morgan fingerprint density at radius 1 is 0.259 bits per heavy atom. The summed E-state index contributed by atoms with van der Waals surface area (Å²) in [7, 11) is 0. The molecule has 0 fully saturated rings. The molecule has 4 nitrogen and oxygen atoms in total. The van der Waals surface area contributed by atoms with Gasteiger partial charge in [0.1, 0.15) is 22.3 Å². The highest BCUT2D eigenvalue weighted by molar-refractivity contribution is 6.15. The normalized spacial score (nSPS) is 11.7. The van der Waals surface area contributed by atoms with E-state index >= 15 is 0 Å². The molecule has 11 aromatic rings. The third-order valence-corrected chi connectivity index (χ3v) is 10.6. The van der Waals surface area contributed by atoms with Crippen LogP contribution in [0.25, 0.3) is 65.4 Å². The van der Waals surface area contributed by atoms with E-state index in [4.69, 9.17) is 8.83 Å². The first-order chi connectivity index (χ1) is 26.8. The van der Waals surface area contributed by atoms with Crippen LogP contribution in [0.4, 0.5) is 34.1 Å². The van der Waals surface area contributed by atoms with Crippen molar-refractivity contribution < 1.29 is 8.83 Å². The predicted octanol–water partition coefficient (Wildman–Crippen LogP) is 14.7. The number of benzene rings is 9. The highest BCUT2D eigenvalue weighted by Crippen LogP contribution is 2.47. The molecule has 9 aromatic carbocycles. The Hall–Kier alpha value is -7.30. The molecule has 0 unspecified atom stereocenters. The molecule has 2 aromatic heterocycles. The zero-order valence-corrected chi connectivity index (χ0v) is 29.2. The molecule has 11 rings (SSSR count). The SMILES string of the molecule is c1ccc(N(c2ccc3c(c2)oc2ccccc23)c2cc(N(c3ccccc3)c3ccc4c(c3)oc3ccccc34)c3ccc4ccccc4c3c2)cc1. The standard InChI is InChI=1S/C50H32N2O2/c1-3-14-34(15-4-1)51(36-24-27-43-41-19-9-11-21-47(41)53-49(43)31-36)38-29-45-39-18-8-7-13-33(39)23-26-40(45)46(30-38)52(35-16-5-2-6-17-35)37-25-28-44-42-20-10-12-22-48(42)54-50(44)32-37/h1-32H. The lowest BCUT2D eigenvalue weighted by Crippen LogP contribution is -2.14. The van der Waals surface area contributed by atoms with Gasteiger partial charge in [0.25, 0.3) is 0 Å². The first-order valence-corrected chi connectivity index (χ1v) is 18.3. The van der Waals surface area contributed by atoms with Crippen LogP contribution in [0.1, 0.15) is 0 Å². The van der Waals surface area contributed by atoms with Crippen molar-refractivity contribution in [2.75, 3.05) is 9.80 Å². The van der Waals surface area contributed by atoms with E-state index in [1.165, 1.54) is 10.8 Å². The average molecular weight is 693 g/mol. The van der Waals surface area contributed by atoms with Gasteiger partial charge in [0, 0.05) is 67.5 Å². The summed E-state index contributed by atoms with van der Waals surface area (Å²) in [6, 6.07) is 68.6. The molecule has 54 heavy (non-hydrogen) atoms. The second-order valence-corrected chi connectivity index (χ2v) is 13.7. The van der Waals surface area contributed by atoms with Gasteiger partial charge in [-0.25, -0.2) is 0 Å². The molecule has 0 saturated carbocycles. The van der Waals surface area contributed by atoms with E-state index in [2.05, 4.69) is 180 Å². The molecular formula is C50H32N2O2. The fourth-order valence-electron chi connectivity index (χ4n) is 8.13. The van der Waals surface area contributed by atoms with E-state index in [0.29, 0.717) is 0 Å². The summed E-state index contributed by atoms with van der Waals surface area (Å²) < 4.78 is 12.9. The Kier molecular flexibility index (Phi) is 6.82. The molecule has 0 radical (unpaired) electrons.